The third-order valence-corrected chi connectivity index (χ3v) is 2.56. The fourth-order valence-corrected chi connectivity index (χ4v) is 1.53. The molecule has 0 saturated heterocycles. The molecule has 0 N–H and O–H groups in total. The number of halogens is 4. The molecule has 7 heteroatoms. The first-order valence-electron chi connectivity index (χ1n) is 4.48. The number of rotatable bonds is 2. The summed E-state index contributed by atoms with van der Waals surface area (Å²) < 4.78 is 27.5. The van der Waals surface area contributed by atoms with Crippen LogP contribution < -0.4 is 4.68 Å². The Hall–Kier alpha value is -1.46. The summed E-state index contributed by atoms with van der Waals surface area (Å²) in [5.74, 6) is -2.30. The Morgan fingerprint density at radius 2 is 1.53 bits per heavy atom. The summed E-state index contributed by atoms with van der Waals surface area (Å²) in [5, 5.41) is -0.847. The van der Waals surface area contributed by atoms with Crippen molar-refractivity contribution in [3.63, 3.8) is 0 Å². The minimum Gasteiger partial charge on any atom is -0.402 e. The Balaban J connectivity index is 2.46. The largest absolute Gasteiger partial charge is 0.402 e. The number of pyridine rings is 2. The molecule has 0 radical (unpaired) electrons. The standard InChI is InChI=1S/C10H5Cl2F2N3/c11-6-8(7(12)10(14)15-9(6)13)16-17-4-2-1-3-5-17/h1-5H. The summed E-state index contributed by atoms with van der Waals surface area (Å²) in [4.78, 5) is 2.91. The fraction of sp³-hybridized carbons (Fsp3) is 0. The molecule has 0 unspecified atom stereocenters. The molecule has 0 fully saturated rings. The molecular weight excluding hydrogens is 271 g/mol. The van der Waals surface area contributed by atoms with Crippen molar-refractivity contribution in [2.24, 2.45) is 0 Å². The van der Waals surface area contributed by atoms with Gasteiger partial charge in [-0.1, -0.05) is 29.3 Å². The quantitative estimate of drug-likeness (QED) is 0.610. The van der Waals surface area contributed by atoms with Crippen LogP contribution in [0.3, 0.4) is 0 Å². The highest BCUT2D eigenvalue weighted by Crippen LogP contribution is 2.37. The Bertz CT molecular complexity index is 523. The third-order valence-electron chi connectivity index (χ3n) is 1.89. The van der Waals surface area contributed by atoms with Gasteiger partial charge in [0.05, 0.1) is 10.0 Å². The summed E-state index contributed by atoms with van der Waals surface area (Å²) in [5.41, 5.74) is 3.70. The molecule has 0 atom stereocenters. The van der Waals surface area contributed by atoms with Gasteiger partial charge < -0.3 is 5.43 Å². The van der Waals surface area contributed by atoms with Crippen LogP contribution in [0.15, 0.2) is 30.6 Å². The average Bonchev–Trinajstić information content (AvgIpc) is 2.33. The SMILES string of the molecule is Fc1nc(F)c(Cl)c([N-][n+]2ccccc2)c1Cl. The van der Waals surface area contributed by atoms with E-state index in [1.165, 1.54) is 4.68 Å². The summed E-state index contributed by atoms with van der Waals surface area (Å²) in [7, 11) is 0. The molecular formula is C10H5Cl2F2N3. The van der Waals surface area contributed by atoms with Crippen molar-refractivity contribution in [2.75, 3.05) is 0 Å². The third kappa shape index (κ3) is 2.45. The van der Waals surface area contributed by atoms with Crippen LogP contribution in [0.2, 0.25) is 10.0 Å². The molecule has 88 valence electrons. The summed E-state index contributed by atoms with van der Waals surface area (Å²) in [6.45, 7) is 0. The van der Waals surface area contributed by atoms with Crippen molar-refractivity contribution in [1.82, 2.24) is 4.98 Å². The highest BCUT2D eigenvalue weighted by Gasteiger charge is 2.13. The van der Waals surface area contributed by atoms with Crippen molar-refractivity contribution in [2.45, 2.75) is 0 Å². The Kier molecular flexibility index (Phi) is 3.40. The zero-order valence-corrected chi connectivity index (χ0v) is 9.75. The molecule has 0 aromatic carbocycles. The number of hydrogen-bond donors (Lipinski definition) is 0. The number of nitrogens with zero attached hydrogens (tertiary/aromatic N) is 3. The lowest BCUT2D eigenvalue weighted by molar-refractivity contribution is -0.619. The second-order valence-electron chi connectivity index (χ2n) is 3.03. The smallest absolute Gasteiger partial charge is 0.233 e. The summed E-state index contributed by atoms with van der Waals surface area (Å²) >= 11 is 11.2. The van der Waals surface area contributed by atoms with E-state index < -0.39 is 21.9 Å². The highest BCUT2D eigenvalue weighted by molar-refractivity contribution is 6.39. The van der Waals surface area contributed by atoms with Gasteiger partial charge in [0.1, 0.15) is 0 Å². The summed E-state index contributed by atoms with van der Waals surface area (Å²) in [6, 6.07) is 5.15. The molecule has 0 aliphatic rings. The van der Waals surface area contributed by atoms with Crippen LogP contribution >= 0.6 is 23.2 Å². The number of hydrogen-bond acceptors (Lipinski definition) is 1. The van der Waals surface area contributed by atoms with Crippen LogP contribution in [-0.4, -0.2) is 4.98 Å². The topological polar surface area (TPSA) is 30.9 Å². The van der Waals surface area contributed by atoms with Crippen molar-refractivity contribution in [1.29, 1.82) is 0 Å². The second kappa shape index (κ2) is 4.81. The lowest BCUT2D eigenvalue weighted by Crippen LogP contribution is -2.26. The molecule has 0 bridgehead atoms. The second-order valence-corrected chi connectivity index (χ2v) is 3.78. The zero-order chi connectivity index (χ0) is 12.4. The molecule has 0 aliphatic carbocycles. The van der Waals surface area contributed by atoms with E-state index in [0.29, 0.717) is 0 Å². The normalized spacial score (nSPS) is 10.4. The van der Waals surface area contributed by atoms with Gasteiger partial charge in [-0.3, -0.25) is 0 Å². The predicted molar refractivity (Wildman–Crippen MR) is 59.2 cm³/mol. The zero-order valence-electron chi connectivity index (χ0n) is 8.24. The minimum absolute atomic E-state index is 0.200. The molecule has 2 aromatic rings. The molecule has 17 heavy (non-hydrogen) atoms. The van der Waals surface area contributed by atoms with E-state index >= 15 is 0 Å². The van der Waals surface area contributed by atoms with E-state index in [-0.39, 0.29) is 5.69 Å². The number of aromatic nitrogens is 2. The van der Waals surface area contributed by atoms with Gasteiger partial charge in [-0.25, -0.2) is 4.68 Å². The van der Waals surface area contributed by atoms with Gasteiger partial charge in [0, 0.05) is 12.1 Å². The van der Waals surface area contributed by atoms with E-state index in [1.54, 1.807) is 30.6 Å². The van der Waals surface area contributed by atoms with Crippen LogP contribution in [0.25, 0.3) is 5.43 Å². The molecule has 0 amide bonds. The molecule has 0 spiro atoms. The first-order chi connectivity index (χ1) is 8.09. The monoisotopic (exact) mass is 275 g/mol. The highest BCUT2D eigenvalue weighted by atomic mass is 35.5. The summed E-state index contributed by atoms with van der Waals surface area (Å²) in [6.07, 6.45) is 3.14. The average molecular weight is 276 g/mol. The molecule has 2 aromatic heterocycles. The van der Waals surface area contributed by atoms with Crippen molar-refractivity contribution in [3.05, 3.63) is 58.0 Å². The Labute approximate surface area is 106 Å². The van der Waals surface area contributed by atoms with Crippen LogP contribution in [0.4, 0.5) is 14.5 Å². The van der Waals surface area contributed by atoms with Gasteiger partial charge in [-0.05, 0) is 5.69 Å². The van der Waals surface area contributed by atoms with Crippen LogP contribution in [0.5, 0.6) is 0 Å². The van der Waals surface area contributed by atoms with Gasteiger partial charge in [0.15, 0.2) is 12.4 Å². The first kappa shape index (κ1) is 12.0. The van der Waals surface area contributed by atoms with E-state index in [2.05, 4.69) is 10.4 Å². The van der Waals surface area contributed by atoms with Crippen molar-refractivity contribution < 1.29 is 13.5 Å². The predicted octanol–water partition coefficient (Wildman–Crippen LogP) is 3.42. The minimum atomic E-state index is -1.15. The van der Waals surface area contributed by atoms with E-state index in [1.807, 2.05) is 0 Å². The van der Waals surface area contributed by atoms with E-state index in [0.717, 1.165) is 0 Å². The van der Waals surface area contributed by atoms with Gasteiger partial charge in [0.25, 0.3) is 0 Å². The molecule has 0 saturated carbocycles. The van der Waals surface area contributed by atoms with Crippen molar-refractivity contribution >= 4 is 28.9 Å². The van der Waals surface area contributed by atoms with Gasteiger partial charge in [-0.2, -0.15) is 13.8 Å². The van der Waals surface area contributed by atoms with Crippen LogP contribution in [0.1, 0.15) is 0 Å². The molecule has 2 rings (SSSR count). The van der Waals surface area contributed by atoms with Gasteiger partial charge in [0.2, 0.25) is 11.9 Å². The van der Waals surface area contributed by atoms with Crippen LogP contribution in [-0.2, 0) is 0 Å². The van der Waals surface area contributed by atoms with E-state index in [9.17, 15) is 8.78 Å². The van der Waals surface area contributed by atoms with E-state index in [4.69, 9.17) is 23.2 Å². The Morgan fingerprint density at radius 1 is 1.00 bits per heavy atom. The first-order valence-corrected chi connectivity index (χ1v) is 5.23. The maximum atomic E-state index is 13.1. The fourth-order valence-electron chi connectivity index (χ4n) is 1.14. The Morgan fingerprint density at radius 3 is 2.06 bits per heavy atom. The van der Waals surface area contributed by atoms with Gasteiger partial charge in [-0.15, -0.1) is 0 Å². The maximum Gasteiger partial charge on any atom is 0.233 e. The van der Waals surface area contributed by atoms with Gasteiger partial charge >= 0.3 is 0 Å². The van der Waals surface area contributed by atoms with Crippen molar-refractivity contribution in [3.8, 4) is 0 Å². The maximum absolute atomic E-state index is 13.1. The molecule has 0 aliphatic heterocycles. The molecule has 2 heterocycles. The molecule has 3 nitrogen and oxygen atoms in total. The lowest BCUT2D eigenvalue weighted by atomic mass is 10.4. The van der Waals surface area contributed by atoms with Crippen LogP contribution in [0, 0.1) is 11.9 Å². The lowest BCUT2D eigenvalue weighted by Gasteiger charge is -2.17.